The number of methoxy groups -OCH3 is 1. The van der Waals surface area contributed by atoms with E-state index in [0.717, 1.165) is 22.9 Å². The molecule has 11 nitrogen and oxygen atoms in total. The third kappa shape index (κ3) is 2.67. The fraction of sp³-hybridized carbons (Fsp3) is 0.583. The van der Waals surface area contributed by atoms with Crippen LogP contribution in [0.3, 0.4) is 0 Å². The second-order valence-corrected chi connectivity index (χ2v) is 8.40. The van der Waals surface area contributed by atoms with E-state index in [4.69, 9.17) is 0 Å². The standard InChI is InChI=1S/C12H14N4O7S.Na/c1-12(5-15-4-6(13-14-15)11(20)23-2)9(10(18)19)16-7(17)3-8(16)24(12,21)22;/h4,8-9H,3,5H2,1-2H3,(H,18,19);/q;+1/p-1/t8-,9-,12-;/m0./s1. The van der Waals surface area contributed by atoms with Gasteiger partial charge in [0.2, 0.25) is 5.91 Å². The number of sulfone groups is 1. The first kappa shape index (κ1) is 19.8. The number of hydrogen-bond acceptors (Lipinski definition) is 9. The van der Waals surface area contributed by atoms with Crippen molar-refractivity contribution < 1.29 is 62.2 Å². The molecule has 25 heavy (non-hydrogen) atoms. The second kappa shape index (κ2) is 6.34. The Labute approximate surface area is 164 Å². The third-order valence-electron chi connectivity index (χ3n) is 4.44. The fourth-order valence-corrected chi connectivity index (χ4v) is 5.52. The number of ether oxygens (including phenoxy) is 1. The predicted molar refractivity (Wildman–Crippen MR) is 72.7 cm³/mol. The summed E-state index contributed by atoms with van der Waals surface area (Å²) < 4.78 is 29.1. The maximum absolute atomic E-state index is 12.7. The van der Waals surface area contributed by atoms with Gasteiger partial charge in [0, 0.05) is 0 Å². The molecule has 1 amide bonds. The van der Waals surface area contributed by atoms with E-state index in [2.05, 4.69) is 15.0 Å². The number of carboxylic acids is 1. The van der Waals surface area contributed by atoms with E-state index >= 15 is 0 Å². The fourth-order valence-electron chi connectivity index (χ4n) is 3.17. The molecule has 2 saturated heterocycles. The Balaban J connectivity index is 0.00000225. The third-order valence-corrected chi connectivity index (χ3v) is 7.21. The summed E-state index contributed by atoms with van der Waals surface area (Å²) in [5.74, 6) is -2.99. The van der Waals surface area contributed by atoms with Crippen molar-refractivity contribution in [2.75, 3.05) is 7.11 Å². The van der Waals surface area contributed by atoms with E-state index < -0.39 is 50.4 Å². The molecule has 3 heterocycles. The number of hydrogen-bond donors (Lipinski definition) is 0. The minimum absolute atomic E-state index is 0. The SMILES string of the molecule is COC(=O)c1cn(C[C@@]2(C)[C@H](C(=O)[O-])N3C(=O)C[C@@H]3S2(=O)=O)nn1.[Na+]. The van der Waals surface area contributed by atoms with E-state index in [-0.39, 0.29) is 41.7 Å². The number of carbonyl (C=O) groups is 3. The maximum Gasteiger partial charge on any atom is 1.00 e. The number of carbonyl (C=O) groups excluding carboxylic acids is 3. The van der Waals surface area contributed by atoms with Crippen LogP contribution in [0.4, 0.5) is 0 Å². The summed E-state index contributed by atoms with van der Waals surface area (Å²) in [4.78, 5) is 35.4. The molecule has 0 radical (unpaired) electrons. The van der Waals surface area contributed by atoms with Crippen molar-refractivity contribution in [3.05, 3.63) is 11.9 Å². The van der Waals surface area contributed by atoms with Gasteiger partial charge in [0.05, 0.1) is 38.3 Å². The quantitative estimate of drug-likeness (QED) is 0.282. The van der Waals surface area contributed by atoms with E-state index in [1.807, 2.05) is 0 Å². The Bertz CT molecular complexity index is 853. The number of aliphatic carboxylic acids is 1. The van der Waals surface area contributed by atoms with Gasteiger partial charge in [-0.3, -0.25) is 4.79 Å². The summed E-state index contributed by atoms with van der Waals surface area (Å²) >= 11 is 0. The van der Waals surface area contributed by atoms with Crippen LogP contribution in [0.25, 0.3) is 0 Å². The number of esters is 1. The molecule has 0 bridgehead atoms. The van der Waals surface area contributed by atoms with Gasteiger partial charge < -0.3 is 19.5 Å². The molecule has 3 rings (SSSR count). The first-order valence-electron chi connectivity index (χ1n) is 6.87. The predicted octanol–water partition coefficient (Wildman–Crippen LogP) is -6.07. The van der Waals surface area contributed by atoms with Crippen molar-refractivity contribution in [3.8, 4) is 0 Å². The van der Waals surface area contributed by atoms with Crippen molar-refractivity contribution in [3.63, 3.8) is 0 Å². The van der Waals surface area contributed by atoms with Crippen LogP contribution in [0.2, 0.25) is 0 Å². The van der Waals surface area contributed by atoms with Crippen LogP contribution >= 0.6 is 0 Å². The van der Waals surface area contributed by atoms with Crippen molar-refractivity contribution in [2.24, 2.45) is 0 Å². The van der Waals surface area contributed by atoms with E-state index in [1.54, 1.807) is 0 Å². The smallest absolute Gasteiger partial charge is 0.548 e. The molecule has 0 aliphatic carbocycles. The average molecular weight is 380 g/mol. The molecule has 2 aliphatic heterocycles. The van der Waals surface area contributed by atoms with Gasteiger partial charge in [-0.05, 0) is 6.92 Å². The van der Waals surface area contributed by atoms with Crippen molar-refractivity contribution in [1.29, 1.82) is 0 Å². The molecule has 2 fully saturated rings. The normalized spacial score (nSPS) is 29.4. The molecule has 0 unspecified atom stereocenters. The molecule has 130 valence electrons. The Morgan fingerprint density at radius 2 is 2.12 bits per heavy atom. The van der Waals surface area contributed by atoms with Crippen LogP contribution in [0.1, 0.15) is 23.8 Å². The number of nitrogens with zero attached hydrogens (tertiary/aromatic N) is 4. The van der Waals surface area contributed by atoms with Gasteiger partial charge in [0.1, 0.15) is 10.1 Å². The van der Waals surface area contributed by atoms with Crippen LogP contribution in [0.15, 0.2) is 6.20 Å². The minimum Gasteiger partial charge on any atom is -0.548 e. The molecular weight excluding hydrogens is 367 g/mol. The van der Waals surface area contributed by atoms with Gasteiger partial charge in [-0.2, -0.15) is 0 Å². The van der Waals surface area contributed by atoms with Crippen LogP contribution in [-0.4, -0.2) is 69.4 Å². The molecule has 2 aliphatic rings. The molecule has 1 aromatic heterocycles. The molecular formula is C12H13N4NaO7S. The second-order valence-electron chi connectivity index (χ2n) is 5.83. The van der Waals surface area contributed by atoms with Crippen LogP contribution < -0.4 is 34.7 Å². The monoisotopic (exact) mass is 380 g/mol. The Kier molecular flexibility index (Phi) is 5.03. The minimum atomic E-state index is -3.99. The van der Waals surface area contributed by atoms with Gasteiger partial charge in [0.25, 0.3) is 0 Å². The first-order chi connectivity index (χ1) is 11.1. The van der Waals surface area contributed by atoms with Crippen molar-refractivity contribution >= 4 is 27.7 Å². The van der Waals surface area contributed by atoms with Crippen LogP contribution in [0.5, 0.6) is 0 Å². The Morgan fingerprint density at radius 3 is 2.64 bits per heavy atom. The number of rotatable bonds is 4. The van der Waals surface area contributed by atoms with Crippen molar-refractivity contribution in [1.82, 2.24) is 19.9 Å². The summed E-state index contributed by atoms with van der Waals surface area (Å²) in [6.07, 6.45) is 0.892. The van der Waals surface area contributed by atoms with Gasteiger partial charge in [0.15, 0.2) is 15.5 Å². The summed E-state index contributed by atoms with van der Waals surface area (Å²) in [7, 11) is -2.84. The van der Waals surface area contributed by atoms with Gasteiger partial charge in [-0.1, -0.05) is 5.21 Å². The summed E-state index contributed by atoms with van der Waals surface area (Å²) in [6.45, 7) is 0.812. The number of amides is 1. The summed E-state index contributed by atoms with van der Waals surface area (Å²) in [5.41, 5.74) is -0.152. The zero-order valence-corrected chi connectivity index (χ0v) is 16.5. The van der Waals surface area contributed by atoms with E-state index in [9.17, 15) is 27.9 Å². The zero-order valence-electron chi connectivity index (χ0n) is 13.7. The average Bonchev–Trinajstić information content (AvgIpc) is 3.00. The zero-order chi connectivity index (χ0) is 17.9. The van der Waals surface area contributed by atoms with E-state index in [0.29, 0.717) is 0 Å². The molecule has 1 aromatic rings. The number of fused-ring (bicyclic) bond motifs is 1. The number of β-lactam (4-membered cyclic amide) rings is 1. The van der Waals surface area contributed by atoms with Crippen LogP contribution in [0, 0.1) is 0 Å². The molecule has 0 N–H and O–H groups in total. The van der Waals surface area contributed by atoms with E-state index in [1.165, 1.54) is 6.92 Å². The maximum atomic E-state index is 12.7. The molecule has 3 atom stereocenters. The Morgan fingerprint density at radius 1 is 1.48 bits per heavy atom. The van der Waals surface area contributed by atoms with Crippen LogP contribution in [-0.2, 0) is 30.7 Å². The molecule has 0 saturated carbocycles. The van der Waals surface area contributed by atoms with Crippen molar-refractivity contribution in [2.45, 2.75) is 36.1 Å². The topological polar surface area (TPSA) is 152 Å². The summed E-state index contributed by atoms with van der Waals surface area (Å²) in [6, 6.07) is -1.64. The molecule has 0 spiro atoms. The largest absolute Gasteiger partial charge is 1.00 e. The molecule has 13 heteroatoms. The Hall–Kier alpha value is -1.50. The van der Waals surface area contributed by atoms with Gasteiger partial charge in [-0.25, -0.2) is 17.9 Å². The van der Waals surface area contributed by atoms with Gasteiger partial charge >= 0.3 is 35.5 Å². The summed E-state index contributed by atoms with van der Waals surface area (Å²) in [5, 5.41) is 17.5. The van der Waals surface area contributed by atoms with Gasteiger partial charge in [-0.15, -0.1) is 5.10 Å². The molecule has 0 aromatic carbocycles. The number of aromatic nitrogens is 3. The first-order valence-corrected chi connectivity index (χ1v) is 8.42. The number of carboxylic acid groups (broad SMARTS) is 1.